The van der Waals surface area contributed by atoms with Crippen molar-refractivity contribution >= 4 is 23.3 Å². The highest BCUT2D eigenvalue weighted by molar-refractivity contribution is 5.96. The van der Waals surface area contributed by atoms with E-state index < -0.39 is 0 Å². The van der Waals surface area contributed by atoms with Crippen molar-refractivity contribution in [1.29, 1.82) is 0 Å². The molecule has 1 aliphatic rings. The summed E-state index contributed by atoms with van der Waals surface area (Å²) < 4.78 is 0. The normalized spacial score (nSPS) is 12.3. The van der Waals surface area contributed by atoms with Crippen LogP contribution < -0.4 is 5.32 Å². The van der Waals surface area contributed by atoms with E-state index >= 15 is 0 Å². The van der Waals surface area contributed by atoms with Gasteiger partial charge in [0.1, 0.15) is 0 Å². The highest BCUT2D eigenvalue weighted by Crippen LogP contribution is 2.33. The minimum atomic E-state index is 0.984. The SMILES string of the molecule is Cc1cccc2c1Nc1ccccc1N=C2. The number of nitrogens with one attached hydrogen (secondary N) is 1. The molecule has 0 spiro atoms. The molecular weight excluding hydrogens is 196 g/mol. The third-order valence-corrected chi connectivity index (χ3v) is 2.81. The molecule has 3 rings (SSSR count). The molecule has 1 aliphatic heterocycles. The Bertz CT molecular complexity index is 571. The van der Waals surface area contributed by atoms with Crippen LogP contribution in [0.1, 0.15) is 11.1 Å². The standard InChI is InChI=1S/C14H12N2/c1-10-5-4-6-11-9-15-12-7-2-3-8-13(12)16-14(10)11/h2-9,16H,1H3. The highest BCUT2D eigenvalue weighted by atomic mass is 14.9. The molecule has 2 aromatic carbocycles. The summed E-state index contributed by atoms with van der Waals surface area (Å²) in [7, 11) is 0. The van der Waals surface area contributed by atoms with Crippen LogP contribution in [0.4, 0.5) is 17.1 Å². The maximum Gasteiger partial charge on any atom is 0.0864 e. The number of aliphatic imine (C=N–C) groups is 1. The van der Waals surface area contributed by atoms with Crippen LogP contribution in [0.2, 0.25) is 0 Å². The zero-order valence-electron chi connectivity index (χ0n) is 9.07. The summed E-state index contributed by atoms with van der Waals surface area (Å²) in [5.74, 6) is 0. The predicted molar refractivity (Wildman–Crippen MR) is 68.2 cm³/mol. The number of fused-ring (bicyclic) bond motifs is 2. The van der Waals surface area contributed by atoms with Gasteiger partial charge in [-0.2, -0.15) is 0 Å². The molecular formula is C14H12N2. The van der Waals surface area contributed by atoms with Crippen LogP contribution in [0.3, 0.4) is 0 Å². The fraction of sp³-hybridized carbons (Fsp3) is 0.0714. The van der Waals surface area contributed by atoms with Gasteiger partial charge in [0.15, 0.2) is 0 Å². The van der Waals surface area contributed by atoms with Gasteiger partial charge in [-0.1, -0.05) is 30.3 Å². The van der Waals surface area contributed by atoms with Crippen molar-refractivity contribution in [3.63, 3.8) is 0 Å². The lowest BCUT2D eigenvalue weighted by Crippen LogP contribution is -1.95. The first-order valence-corrected chi connectivity index (χ1v) is 5.34. The average Bonchev–Trinajstić information content (AvgIpc) is 2.50. The number of para-hydroxylation sites is 3. The summed E-state index contributed by atoms with van der Waals surface area (Å²) in [5, 5.41) is 3.45. The van der Waals surface area contributed by atoms with E-state index in [0.717, 1.165) is 22.6 Å². The summed E-state index contributed by atoms with van der Waals surface area (Å²) in [6.07, 6.45) is 1.92. The first-order chi connectivity index (χ1) is 7.84. The number of anilines is 2. The molecule has 0 unspecified atom stereocenters. The Balaban J connectivity index is 2.22. The van der Waals surface area contributed by atoms with E-state index in [1.165, 1.54) is 5.56 Å². The Morgan fingerprint density at radius 3 is 2.81 bits per heavy atom. The van der Waals surface area contributed by atoms with Crippen LogP contribution in [-0.4, -0.2) is 6.21 Å². The minimum absolute atomic E-state index is 0.984. The summed E-state index contributed by atoms with van der Waals surface area (Å²) >= 11 is 0. The van der Waals surface area contributed by atoms with Crippen molar-refractivity contribution in [2.75, 3.05) is 5.32 Å². The zero-order chi connectivity index (χ0) is 11.0. The van der Waals surface area contributed by atoms with Gasteiger partial charge in [-0.25, -0.2) is 0 Å². The molecule has 0 atom stereocenters. The molecule has 0 fully saturated rings. The van der Waals surface area contributed by atoms with Crippen molar-refractivity contribution in [2.24, 2.45) is 4.99 Å². The molecule has 0 aliphatic carbocycles. The summed E-state index contributed by atoms with van der Waals surface area (Å²) in [6.45, 7) is 2.10. The molecule has 2 aromatic rings. The number of benzene rings is 2. The smallest absolute Gasteiger partial charge is 0.0864 e. The van der Waals surface area contributed by atoms with Gasteiger partial charge < -0.3 is 5.32 Å². The van der Waals surface area contributed by atoms with Crippen LogP contribution in [0.15, 0.2) is 47.5 Å². The Kier molecular flexibility index (Phi) is 2.00. The predicted octanol–water partition coefficient (Wildman–Crippen LogP) is 3.80. The third kappa shape index (κ3) is 1.39. The van der Waals surface area contributed by atoms with E-state index in [9.17, 15) is 0 Å². The lowest BCUT2D eigenvalue weighted by molar-refractivity contribution is 1.43. The molecule has 1 heterocycles. The first-order valence-electron chi connectivity index (χ1n) is 5.34. The Labute approximate surface area is 94.7 Å². The summed E-state index contributed by atoms with van der Waals surface area (Å²) in [5.41, 5.74) is 5.57. The van der Waals surface area contributed by atoms with Gasteiger partial charge >= 0.3 is 0 Å². The second-order valence-corrected chi connectivity index (χ2v) is 3.94. The maximum absolute atomic E-state index is 4.48. The van der Waals surface area contributed by atoms with Crippen molar-refractivity contribution in [1.82, 2.24) is 0 Å². The minimum Gasteiger partial charge on any atom is -0.353 e. The molecule has 0 saturated heterocycles. The molecule has 0 bridgehead atoms. The van der Waals surface area contributed by atoms with E-state index in [2.05, 4.69) is 35.4 Å². The highest BCUT2D eigenvalue weighted by Gasteiger charge is 2.09. The lowest BCUT2D eigenvalue weighted by atomic mass is 10.1. The summed E-state index contributed by atoms with van der Waals surface area (Å²) in [6, 6.07) is 14.3. The van der Waals surface area contributed by atoms with Gasteiger partial charge in [-0.15, -0.1) is 0 Å². The lowest BCUT2D eigenvalue weighted by Gasteiger charge is -2.11. The summed E-state index contributed by atoms with van der Waals surface area (Å²) in [4.78, 5) is 4.48. The van der Waals surface area contributed by atoms with Crippen molar-refractivity contribution in [3.05, 3.63) is 53.6 Å². The molecule has 0 amide bonds. The Morgan fingerprint density at radius 2 is 1.88 bits per heavy atom. The number of rotatable bonds is 0. The zero-order valence-corrected chi connectivity index (χ0v) is 9.07. The van der Waals surface area contributed by atoms with E-state index in [1.54, 1.807) is 0 Å². The van der Waals surface area contributed by atoms with Crippen molar-refractivity contribution < 1.29 is 0 Å². The van der Waals surface area contributed by atoms with Gasteiger partial charge in [-0.05, 0) is 24.6 Å². The second kappa shape index (κ2) is 3.49. The van der Waals surface area contributed by atoms with E-state index in [1.807, 2.05) is 30.5 Å². The number of nitrogens with zero attached hydrogens (tertiary/aromatic N) is 1. The largest absolute Gasteiger partial charge is 0.353 e. The average molecular weight is 208 g/mol. The third-order valence-electron chi connectivity index (χ3n) is 2.81. The molecule has 78 valence electrons. The fourth-order valence-corrected chi connectivity index (χ4v) is 1.93. The maximum atomic E-state index is 4.48. The molecule has 0 radical (unpaired) electrons. The molecule has 2 nitrogen and oxygen atoms in total. The quantitative estimate of drug-likeness (QED) is 0.597. The number of hydrogen-bond acceptors (Lipinski definition) is 2. The van der Waals surface area contributed by atoms with E-state index in [4.69, 9.17) is 0 Å². The van der Waals surface area contributed by atoms with Gasteiger partial charge in [-0.3, -0.25) is 4.99 Å². The molecule has 2 heteroatoms. The molecule has 0 saturated carbocycles. The van der Waals surface area contributed by atoms with Crippen LogP contribution in [0, 0.1) is 6.92 Å². The fourth-order valence-electron chi connectivity index (χ4n) is 1.93. The number of hydrogen-bond donors (Lipinski definition) is 1. The topological polar surface area (TPSA) is 24.4 Å². The van der Waals surface area contributed by atoms with Crippen LogP contribution in [-0.2, 0) is 0 Å². The monoisotopic (exact) mass is 208 g/mol. The van der Waals surface area contributed by atoms with Crippen LogP contribution >= 0.6 is 0 Å². The van der Waals surface area contributed by atoms with Crippen molar-refractivity contribution in [3.8, 4) is 0 Å². The van der Waals surface area contributed by atoms with Gasteiger partial charge in [0.05, 0.1) is 17.1 Å². The first kappa shape index (κ1) is 9.16. The van der Waals surface area contributed by atoms with Gasteiger partial charge in [0, 0.05) is 11.8 Å². The van der Waals surface area contributed by atoms with Crippen molar-refractivity contribution in [2.45, 2.75) is 6.92 Å². The van der Waals surface area contributed by atoms with E-state index in [0.29, 0.717) is 0 Å². The molecule has 0 aromatic heterocycles. The number of aryl methyl sites for hydroxylation is 1. The molecule has 16 heavy (non-hydrogen) atoms. The molecule has 1 N–H and O–H groups in total. The van der Waals surface area contributed by atoms with Gasteiger partial charge in [0.2, 0.25) is 0 Å². The Morgan fingerprint density at radius 1 is 1.00 bits per heavy atom. The van der Waals surface area contributed by atoms with Gasteiger partial charge in [0.25, 0.3) is 0 Å². The van der Waals surface area contributed by atoms with Crippen LogP contribution in [0.25, 0.3) is 0 Å². The Hall–Kier alpha value is -2.09. The van der Waals surface area contributed by atoms with Crippen LogP contribution in [0.5, 0.6) is 0 Å². The second-order valence-electron chi connectivity index (χ2n) is 3.94. The van der Waals surface area contributed by atoms with E-state index in [-0.39, 0.29) is 0 Å².